The Labute approximate surface area is 125 Å². The number of carboxylic acid groups (broad SMARTS) is 1. The molecule has 0 aromatic rings. The third kappa shape index (κ3) is 3.00. The smallest absolute Gasteiger partial charge is 0.411 e. The Morgan fingerprint density at radius 3 is 2.33 bits per heavy atom. The van der Waals surface area contributed by atoms with Gasteiger partial charge in [0.1, 0.15) is 11.1 Å². The zero-order valence-electron chi connectivity index (χ0n) is 13.1. The fourth-order valence-electron chi connectivity index (χ4n) is 3.69. The first-order valence-electron chi connectivity index (χ1n) is 7.66. The normalized spacial score (nSPS) is 30.7. The van der Waals surface area contributed by atoms with E-state index in [1.807, 2.05) is 0 Å². The fourth-order valence-corrected chi connectivity index (χ4v) is 3.69. The minimum absolute atomic E-state index is 0.0314. The lowest BCUT2D eigenvalue weighted by atomic mass is 9.80. The molecular weight excluding hydrogens is 272 g/mol. The van der Waals surface area contributed by atoms with Crippen LogP contribution < -0.4 is 5.73 Å². The van der Waals surface area contributed by atoms with E-state index in [9.17, 15) is 14.7 Å². The summed E-state index contributed by atoms with van der Waals surface area (Å²) in [6.07, 6.45) is 3.43. The Morgan fingerprint density at radius 1 is 1.29 bits per heavy atom. The molecule has 1 aliphatic heterocycles. The van der Waals surface area contributed by atoms with E-state index in [4.69, 9.17) is 10.5 Å². The molecule has 0 unspecified atom stereocenters. The lowest BCUT2D eigenvalue weighted by Crippen LogP contribution is -2.58. The summed E-state index contributed by atoms with van der Waals surface area (Å²) in [7, 11) is 0. The van der Waals surface area contributed by atoms with Gasteiger partial charge in [0.15, 0.2) is 0 Å². The van der Waals surface area contributed by atoms with E-state index >= 15 is 0 Å². The van der Waals surface area contributed by atoms with E-state index in [0.29, 0.717) is 6.42 Å². The van der Waals surface area contributed by atoms with E-state index in [1.165, 1.54) is 4.90 Å². The van der Waals surface area contributed by atoms with Gasteiger partial charge >= 0.3 is 12.1 Å². The van der Waals surface area contributed by atoms with Crippen molar-refractivity contribution in [2.24, 2.45) is 11.7 Å². The molecule has 1 heterocycles. The van der Waals surface area contributed by atoms with E-state index < -0.39 is 23.2 Å². The molecule has 0 spiro atoms. The highest BCUT2D eigenvalue weighted by atomic mass is 16.6. The van der Waals surface area contributed by atoms with Gasteiger partial charge in [-0.1, -0.05) is 12.8 Å². The van der Waals surface area contributed by atoms with Gasteiger partial charge in [0, 0.05) is 12.6 Å². The molecule has 1 saturated carbocycles. The van der Waals surface area contributed by atoms with Crippen molar-refractivity contribution in [1.29, 1.82) is 0 Å². The van der Waals surface area contributed by atoms with Gasteiger partial charge < -0.3 is 15.6 Å². The van der Waals surface area contributed by atoms with Crippen molar-refractivity contribution in [2.75, 3.05) is 6.54 Å². The van der Waals surface area contributed by atoms with Crippen LogP contribution in [0.25, 0.3) is 0 Å². The monoisotopic (exact) mass is 298 g/mol. The highest BCUT2D eigenvalue weighted by Crippen LogP contribution is 2.44. The highest BCUT2D eigenvalue weighted by Gasteiger charge is 2.58. The molecule has 3 N–H and O–H groups in total. The molecule has 120 valence electrons. The number of amides is 1. The second-order valence-corrected chi connectivity index (χ2v) is 7.27. The SMILES string of the molecule is CC(C)(C)OC(=O)N1C[C@@H](N)C[C@]1(C(=O)O)C1CCCC1. The van der Waals surface area contributed by atoms with Gasteiger partial charge in [-0.2, -0.15) is 0 Å². The molecule has 2 atom stereocenters. The molecular formula is C15H26N2O4. The van der Waals surface area contributed by atoms with Crippen LogP contribution in [0.2, 0.25) is 0 Å². The van der Waals surface area contributed by atoms with Gasteiger partial charge in [-0.3, -0.25) is 4.90 Å². The van der Waals surface area contributed by atoms with Crippen molar-refractivity contribution in [3.05, 3.63) is 0 Å². The topological polar surface area (TPSA) is 92.9 Å². The Kier molecular flexibility index (Phi) is 4.19. The van der Waals surface area contributed by atoms with E-state index in [2.05, 4.69) is 0 Å². The van der Waals surface area contributed by atoms with Gasteiger partial charge in [-0.15, -0.1) is 0 Å². The molecule has 1 saturated heterocycles. The summed E-state index contributed by atoms with van der Waals surface area (Å²) in [6.45, 7) is 5.58. The van der Waals surface area contributed by atoms with Crippen molar-refractivity contribution < 1.29 is 19.4 Å². The molecule has 0 bridgehead atoms. The van der Waals surface area contributed by atoms with Crippen LogP contribution in [0.15, 0.2) is 0 Å². The number of likely N-dealkylation sites (tertiary alicyclic amines) is 1. The Hall–Kier alpha value is -1.30. The first-order valence-corrected chi connectivity index (χ1v) is 7.66. The van der Waals surface area contributed by atoms with Crippen molar-refractivity contribution in [3.8, 4) is 0 Å². The number of nitrogens with two attached hydrogens (primary N) is 1. The van der Waals surface area contributed by atoms with Gasteiger partial charge in [-0.05, 0) is 46.0 Å². The number of ether oxygens (including phenoxy) is 1. The number of carboxylic acids is 1. The molecule has 21 heavy (non-hydrogen) atoms. The Morgan fingerprint density at radius 2 is 1.86 bits per heavy atom. The quantitative estimate of drug-likeness (QED) is 0.813. The van der Waals surface area contributed by atoms with Crippen LogP contribution >= 0.6 is 0 Å². The first kappa shape index (κ1) is 16.1. The second kappa shape index (κ2) is 5.48. The second-order valence-electron chi connectivity index (χ2n) is 7.27. The number of nitrogens with zero attached hydrogens (tertiary/aromatic N) is 1. The predicted octanol–water partition coefficient (Wildman–Crippen LogP) is 1.97. The van der Waals surface area contributed by atoms with Crippen LogP contribution in [-0.2, 0) is 9.53 Å². The van der Waals surface area contributed by atoms with E-state index in [-0.39, 0.29) is 18.5 Å². The summed E-state index contributed by atoms with van der Waals surface area (Å²) >= 11 is 0. The molecule has 2 aliphatic rings. The maximum absolute atomic E-state index is 12.5. The number of rotatable bonds is 2. The van der Waals surface area contributed by atoms with Crippen molar-refractivity contribution >= 4 is 12.1 Å². The third-order valence-electron chi connectivity index (χ3n) is 4.49. The number of hydrogen-bond acceptors (Lipinski definition) is 4. The Balaban J connectivity index is 2.32. The predicted molar refractivity (Wildman–Crippen MR) is 77.9 cm³/mol. The lowest BCUT2D eigenvalue weighted by Gasteiger charge is -2.39. The molecule has 6 heteroatoms. The van der Waals surface area contributed by atoms with Crippen LogP contribution in [-0.4, -0.2) is 45.8 Å². The minimum atomic E-state index is -1.20. The third-order valence-corrected chi connectivity index (χ3v) is 4.49. The standard InChI is InChI=1S/C15H26N2O4/c1-14(2,3)21-13(20)17-9-11(16)8-15(17,12(18)19)10-6-4-5-7-10/h10-11H,4-9,16H2,1-3H3,(H,18,19)/t11-,15+/m0/s1. The van der Waals surface area contributed by atoms with Gasteiger partial charge in [0.2, 0.25) is 0 Å². The van der Waals surface area contributed by atoms with Crippen LogP contribution in [0.4, 0.5) is 4.79 Å². The minimum Gasteiger partial charge on any atom is -0.479 e. The average Bonchev–Trinajstić information content (AvgIpc) is 2.93. The van der Waals surface area contributed by atoms with Gasteiger partial charge in [-0.25, -0.2) is 9.59 Å². The molecule has 6 nitrogen and oxygen atoms in total. The summed E-state index contributed by atoms with van der Waals surface area (Å²) in [6, 6.07) is -0.311. The average molecular weight is 298 g/mol. The van der Waals surface area contributed by atoms with Crippen LogP contribution in [0.3, 0.4) is 0 Å². The molecule has 2 rings (SSSR count). The summed E-state index contributed by atoms with van der Waals surface area (Å²) < 4.78 is 5.40. The zero-order valence-corrected chi connectivity index (χ0v) is 13.1. The fraction of sp³-hybridized carbons (Fsp3) is 0.867. The maximum atomic E-state index is 12.5. The molecule has 1 amide bonds. The number of carbonyl (C=O) groups is 2. The van der Waals surface area contributed by atoms with Crippen LogP contribution in [0.5, 0.6) is 0 Å². The van der Waals surface area contributed by atoms with Gasteiger partial charge in [0.25, 0.3) is 0 Å². The Bertz CT molecular complexity index is 426. The molecule has 2 fully saturated rings. The van der Waals surface area contributed by atoms with Crippen molar-refractivity contribution in [3.63, 3.8) is 0 Å². The van der Waals surface area contributed by atoms with E-state index in [0.717, 1.165) is 25.7 Å². The maximum Gasteiger partial charge on any atom is 0.411 e. The van der Waals surface area contributed by atoms with Gasteiger partial charge in [0.05, 0.1) is 0 Å². The zero-order chi connectivity index (χ0) is 15.8. The largest absolute Gasteiger partial charge is 0.479 e. The first-order chi connectivity index (χ1) is 9.67. The highest BCUT2D eigenvalue weighted by molar-refractivity contribution is 5.86. The summed E-state index contributed by atoms with van der Waals surface area (Å²) in [4.78, 5) is 25.9. The lowest BCUT2D eigenvalue weighted by molar-refractivity contribution is -0.153. The number of hydrogen-bond donors (Lipinski definition) is 2. The number of aliphatic carboxylic acids is 1. The van der Waals surface area contributed by atoms with E-state index in [1.54, 1.807) is 20.8 Å². The summed E-state index contributed by atoms with van der Waals surface area (Å²) in [5.41, 5.74) is 4.15. The van der Waals surface area contributed by atoms with Crippen LogP contribution in [0, 0.1) is 5.92 Å². The molecule has 1 aliphatic carbocycles. The molecule has 0 aromatic heterocycles. The number of carbonyl (C=O) groups excluding carboxylic acids is 1. The summed E-state index contributed by atoms with van der Waals surface area (Å²) in [5.74, 6) is -0.982. The van der Waals surface area contributed by atoms with Crippen LogP contribution in [0.1, 0.15) is 52.9 Å². The molecule has 0 radical (unpaired) electrons. The molecule has 0 aromatic carbocycles. The van der Waals surface area contributed by atoms with Crippen molar-refractivity contribution in [2.45, 2.75) is 70.1 Å². The summed E-state index contributed by atoms with van der Waals surface area (Å²) in [5, 5.41) is 9.85. The van der Waals surface area contributed by atoms with Crippen molar-refractivity contribution in [1.82, 2.24) is 4.90 Å².